The number of amides is 1. The van der Waals surface area contributed by atoms with Gasteiger partial charge in [-0.2, -0.15) is 4.31 Å². The summed E-state index contributed by atoms with van der Waals surface area (Å²) in [6.45, 7) is 0. The Kier molecular flexibility index (Phi) is 6.11. The minimum Gasteiger partial charge on any atom is -0.370 e. The number of phosphoric ester groups is 1. The van der Waals surface area contributed by atoms with Crippen molar-refractivity contribution in [3.05, 3.63) is 0 Å². The SMILES string of the molecule is NC(=O)CC[C@H](N)C(=O)OP(=O)(O)OP(=O)(O)O. The van der Waals surface area contributed by atoms with Crippen LogP contribution in [0.3, 0.4) is 0 Å². The van der Waals surface area contributed by atoms with E-state index in [1.165, 1.54) is 0 Å². The van der Waals surface area contributed by atoms with Gasteiger partial charge in [0, 0.05) is 6.42 Å². The first-order chi connectivity index (χ1) is 7.93. The summed E-state index contributed by atoms with van der Waals surface area (Å²) in [5, 5.41) is 0. The molecule has 0 fully saturated rings. The number of carbonyl (C=O) groups is 2. The van der Waals surface area contributed by atoms with Crippen LogP contribution in [0.5, 0.6) is 0 Å². The van der Waals surface area contributed by atoms with E-state index in [1.807, 2.05) is 0 Å². The molecule has 0 aromatic heterocycles. The van der Waals surface area contributed by atoms with E-state index in [9.17, 15) is 18.7 Å². The molecule has 0 saturated heterocycles. The molecular formula is C5H12N2O9P2. The third kappa shape index (κ3) is 8.31. The summed E-state index contributed by atoms with van der Waals surface area (Å²) in [6.07, 6.45) is -0.532. The molecule has 0 radical (unpaired) electrons. The van der Waals surface area contributed by atoms with E-state index in [1.54, 1.807) is 0 Å². The van der Waals surface area contributed by atoms with Crippen LogP contribution in [0.4, 0.5) is 0 Å². The van der Waals surface area contributed by atoms with Crippen molar-refractivity contribution < 1.29 is 42.2 Å². The topological polar surface area (TPSA) is 199 Å². The molecule has 0 aliphatic heterocycles. The second kappa shape index (κ2) is 6.39. The van der Waals surface area contributed by atoms with Gasteiger partial charge in [-0.3, -0.25) is 9.69 Å². The lowest BCUT2D eigenvalue weighted by Crippen LogP contribution is -2.33. The van der Waals surface area contributed by atoms with Crippen LogP contribution in [0.1, 0.15) is 12.8 Å². The Morgan fingerprint density at radius 1 is 1.22 bits per heavy atom. The molecule has 0 spiro atoms. The molecule has 0 bridgehead atoms. The van der Waals surface area contributed by atoms with Gasteiger partial charge in [-0.25, -0.2) is 13.9 Å². The van der Waals surface area contributed by atoms with Crippen LogP contribution in [0.15, 0.2) is 0 Å². The summed E-state index contributed by atoms with van der Waals surface area (Å²) >= 11 is 0. The molecular weight excluding hydrogens is 294 g/mol. The quantitative estimate of drug-likeness (QED) is 0.338. The van der Waals surface area contributed by atoms with E-state index in [0.717, 1.165) is 0 Å². The number of rotatable bonds is 7. The van der Waals surface area contributed by atoms with Gasteiger partial charge in [0.05, 0.1) is 0 Å². The molecule has 0 aliphatic rings. The van der Waals surface area contributed by atoms with Gasteiger partial charge < -0.3 is 25.8 Å². The molecule has 1 amide bonds. The summed E-state index contributed by atoms with van der Waals surface area (Å²) in [7, 11) is -10.6. The minimum atomic E-state index is -5.31. The lowest BCUT2D eigenvalue weighted by molar-refractivity contribution is -0.137. The maximum atomic E-state index is 11.1. The summed E-state index contributed by atoms with van der Waals surface area (Å²) < 4.78 is 28.4. The molecule has 1 unspecified atom stereocenters. The predicted octanol–water partition coefficient (Wildman–Crippen LogP) is -1.67. The summed E-state index contributed by atoms with van der Waals surface area (Å²) in [5.41, 5.74) is 9.95. The van der Waals surface area contributed by atoms with Crippen molar-refractivity contribution in [2.24, 2.45) is 11.5 Å². The van der Waals surface area contributed by atoms with Gasteiger partial charge in [-0.1, -0.05) is 0 Å². The third-order valence-electron chi connectivity index (χ3n) is 1.42. The van der Waals surface area contributed by atoms with Crippen LogP contribution < -0.4 is 11.5 Å². The fourth-order valence-electron chi connectivity index (χ4n) is 0.748. The normalized spacial score (nSPS) is 16.7. The fraction of sp³-hybridized carbons (Fsp3) is 0.600. The maximum Gasteiger partial charge on any atom is 0.538 e. The van der Waals surface area contributed by atoms with E-state index in [4.69, 9.17) is 26.1 Å². The number of nitrogens with two attached hydrogens (primary N) is 2. The standard InChI is InChI=1S/C5H12N2O9P2/c6-3(1-2-4(7)8)5(9)15-18(13,14)16-17(10,11)12/h3H,1-2,6H2,(H2,7,8)(H,13,14)(H2,10,11,12)/t3-/m0/s1. The van der Waals surface area contributed by atoms with Crippen LogP contribution in [-0.4, -0.2) is 32.6 Å². The van der Waals surface area contributed by atoms with E-state index in [0.29, 0.717) is 0 Å². The highest BCUT2D eigenvalue weighted by Gasteiger charge is 2.36. The van der Waals surface area contributed by atoms with Gasteiger partial charge in [0.15, 0.2) is 0 Å². The van der Waals surface area contributed by atoms with Gasteiger partial charge in [0.25, 0.3) is 0 Å². The molecule has 0 aromatic rings. The number of carbonyl (C=O) groups excluding carboxylic acids is 2. The molecule has 13 heteroatoms. The van der Waals surface area contributed by atoms with Gasteiger partial charge in [0.1, 0.15) is 6.04 Å². The summed E-state index contributed by atoms with van der Waals surface area (Å²) in [4.78, 5) is 46.8. The van der Waals surface area contributed by atoms with E-state index >= 15 is 0 Å². The highest BCUT2D eigenvalue weighted by Crippen LogP contribution is 2.57. The second-order valence-corrected chi connectivity index (χ2v) is 5.82. The first-order valence-electron chi connectivity index (χ1n) is 4.30. The largest absolute Gasteiger partial charge is 0.538 e. The summed E-state index contributed by atoms with van der Waals surface area (Å²) in [6, 6.07) is -1.46. The Bertz CT molecular complexity index is 417. The number of primary amides is 1. The first kappa shape index (κ1) is 17.2. The Morgan fingerprint density at radius 3 is 2.11 bits per heavy atom. The molecule has 0 aliphatic carbocycles. The molecule has 7 N–H and O–H groups in total. The van der Waals surface area contributed by atoms with Gasteiger partial charge in [0.2, 0.25) is 5.91 Å². The summed E-state index contributed by atoms with van der Waals surface area (Å²) in [5.74, 6) is -2.22. The molecule has 2 atom stereocenters. The highest BCUT2D eigenvalue weighted by molar-refractivity contribution is 7.61. The lowest BCUT2D eigenvalue weighted by atomic mass is 10.2. The van der Waals surface area contributed by atoms with E-state index in [-0.39, 0.29) is 12.8 Å². The van der Waals surface area contributed by atoms with Crippen LogP contribution in [0.2, 0.25) is 0 Å². The number of hydrogen-bond acceptors (Lipinski definition) is 7. The molecule has 106 valence electrons. The first-order valence-corrected chi connectivity index (χ1v) is 7.32. The van der Waals surface area contributed by atoms with Crippen molar-refractivity contribution in [2.45, 2.75) is 18.9 Å². The smallest absolute Gasteiger partial charge is 0.370 e. The van der Waals surface area contributed by atoms with Crippen molar-refractivity contribution in [2.75, 3.05) is 0 Å². The molecule has 18 heavy (non-hydrogen) atoms. The zero-order chi connectivity index (χ0) is 14.6. The van der Waals surface area contributed by atoms with Crippen molar-refractivity contribution >= 4 is 27.5 Å². The average Bonchev–Trinajstić information content (AvgIpc) is 2.08. The minimum absolute atomic E-state index is 0.260. The Labute approximate surface area is 101 Å². The Hall–Kier alpha value is -0.800. The van der Waals surface area contributed by atoms with Crippen molar-refractivity contribution in [3.63, 3.8) is 0 Å². The van der Waals surface area contributed by atoms with Crippen molar-refractivity contribution in [1.82, 2.24) is 0 Å². The van der Waals surface area contributed by atoms with Crippen LogP contribution >= 0.6 is 15.6 Å². The third-order valence-corrected chi connectivity index (χ3v) is 3.51. The zero-order valence-electron chi connectivity index (χ0n) is 8.83. The zero-order valence-corrected chi connectivity index (χ0v) is 10.6. The van der Waals surface area contributed by atoms with Gasteiger partial charge >= 0.3 is 21.6 Å². The molecule has 0 rings (SSSR count). The van der Waals surface area contributed by atoms with Crippen LogP contribution in [0.25, 0.3) is 0 Å². The number of hydrogen-bond donors (Lipinski definition) is 5. The van der Waals surface area contributed by atoms with Crippen molar-refractivity contribution in [1.29, 1.82) is 0 Å². The van der Waals surface area contributed by atoms with Crippen LogP contribution in [0, 0.1) is 0 Å². The van der Waals surface area contributed by atoms with Gasteiger partial charge in [-0.15, -0.1) is 0 Å². The Morgan fingerprint density at radius 2 is 1.72 bits per heavy atom. The second-order valence-electron chi connectivity index (χ2n) is 3.06. The fourth-order valence-corrected chi connectivity index (χ4v) is 2.32. The molecule has 11 nitrogen and oxygen atoms in total. The predicted molar refractivity (Wildman–Crippen MR) is 55.5 cm³/mol. The molecule has 0 saturated carbocycles. The van der Waals surface area contributed by atoms with Crippen molar-refractivity contribution in [3.8, 4) is 0 Å². The molecule has 0 heterocycles. The molecule has 0 aromatic carbocycles. The van der Waals surface area contributed by atoms with Gasteiger partial charge in [-0.05, 0) is 6.42 Å². The highest BCUT2D eigenvalue weighted by atomic mass is 31.3. The number of phosphoric acid groups is 2. The monoisotopic (exact) mass is 306 g/mol. The maximum absolute atomic E-state index is 11.1. The average molecular weight is 306 g/mol. The lowest BCUT2D eigenvalue weighted by Gasteiger charge is -2.14. The Balaban J connectivity index is 4.42. The van der Waals surface area contributed by atoms with Crippen LogP contribution in [-0.2, 0) is 27.6 Å². The van der Waals surface area contributed by atoms with E-state index in [2.05, 4.69) is 8.83 Å². The van der Waals surface area contributed by atoms with E-state index < -0.39 is 33.6 Å².